The maximum Gasteiger partial charge on any atom is 0.318 e. The molecule has 0 amide bonds. The number of nitrogens with zero attached hydrogens (tertiary/aromatic N) is 4. The molecule has 0 atom stereocenters. The normalized spacial score (nSPS) is 14.3. The first-order chi connectivity index (χ1) is 11.7. The van der Waals surface area contributed by atoms with Crippen molar-refractivity contribution in [2.75, 3.05) is 38.3 Å². The summed E-state index contributed by atoms with van der Waals surface area (Å²) in [7, 11) is 1.64. The second-order valence-corrected chi connectivity index (χ2v) is 5.46. The van der Waals surface area contributed by atoms with Gasteiger partial charge in [-0.3, -0.25) is 4.98 Å². The zero-order chi connectivity index (χ0) is 17.5. The van der Waals surface area contributed by atoms with E-state index in [-0.39, 0.29) is 5.92 Å². The maximum atomic E-state index is 5.76. The van der Waals surface area contributed by atoms with Crippen LogP contribution in [0.5, 0.6) is 5.75 Å². The number of aromatic nitrogens is 3. The van der Waals surface area contributed by atoms with Crippen molar-refractivity contribution in [2.24, 2.45) is 0 Å². The number of ether oxygens (including phenoxy) is 2. The first kappa shape index (κ1) is 18.2. The van der Waals surface area contributed by atoms with Gasteiger partial charge in [0.05, 0.1) is 31.6 Å². The van der Waals surface area contributed by atoms with Crippen LogP contribution in [0, 0.1) is 0 Å². The quantitative estimate of drug-likeness (QED) is 0.850. The molecule has 1 aliphatic rings. The topological polar surface area (TPSA) is 73.5 Å². The summed E-state index contributed by atoms with van der Waals surface area (Å²) in [4.78, 5) is 6.48. The summed E-state index contributed by atoms with van der Waals surface area (Å²) in [6.07, 6.45) is 1.74. The molecule has 1 aliphatic heterocycles. The van der Waals surface area contributed by atoms with Crippen LogP contribution in [0.25, 0.3) is 11.5 Å². The SMILES string of the molecule is CC.COc1cc(-c2nnc(N3CCOCC3)o2)cnc1C(C)C. The van der Waals surface area contributed by atoms with Gasteiger partial charge in [0.15, 0.2) is 0 Å². The number of methoxy groups -OCH3 is 1. The number of anilines is 1. The molecular formula is C17H26N4O3. The number of rotatable bonds is 4. The van der Waals surface area contributed by atoms with Gasteiger partial charge in [0.1, 0.15) is 5.75 Å². The standard InChI is InChI=1S/C15H20N4O3.C2H6/c1-10(2)13-12(20-3)8-11(9-16-13)14-17-18-15(22-14)19-4-6-21-7-5-19;1-2/h8-10H,4-7H2,1-3H3;1-2H3. The summed E-state index contributed by atoms with van der Waals surface area (Å²) in [6.45, 7) is 11.0. The molecular weight excluding hydrogens is 308 g/mol. The van der Waals surface area contributed by atoms with Crippen molar-refractivity contribution in [2.45, 2.75) is 33.6 Å². The van der Waals surface area contributed by atoms with E-state index in [1.54, 1.807) is 13.3 Å². The lowest BCUT2D eigenvalue weighted by atomic mass is 10.1. The first-order valence-corrected chi connectivity index (χ1v) is 8.39. The second kappa shape index (κ2) is 8.63. The molecule has 3 rings (SSSR count). The fraction of sp³-hybridized carbons (Fsp3) is 0.588. The lowest BCUT2D eigenvalue weighted by Crippen LogP contribution is -2.36. The average Bonchev–Trinajstić information content (AvgIpc) is 3.13. The highest BCUT2D eigenvalue weighted by Gasteiger charge is 2.19. The van der Waals surface area contributed by atoms with Gasteiger partial charge in [0, 0.05) is 19.3 Å². The molecule has 0 saturated carbocycles. The Hall–Kier alpha value is -2.15. The lowest BCUT2D eigenvalue weighted by molar-refractivity contribution is 0.120. The molecule has 1 saturated heterocycles. The van der Waals surface area contributed by atoms with Crippen LogP contribution in [0.1, 0.15) is 39.3 Å². The Kier molecular flexibility index (Phi) is 6.54. The minimum atomic E-state index is 0.288. The Labute approximate surface area is 143 Å². The molecule has 0 N–H and O–H groups in total. The Bertz CT molecular complexity index is 637. The molecule has 0 aliphatic carbocycles. The Morgan fingerprint density at radius 3 is 2.50 bits per heavy atom. The van der Waals surface area contributed by atoms with Gasteiger partial charge in [-0.1, -0.05) is 32.8 Å². The fourth-order valence-corrected chi connectivity index (χ4v) is 2.38. The van der Waals surface area contributed by atoms with E-state index in [4.69, 9.17) is 13.9 Å². The lowest BCUT2D eigenvalue weighted by Gasteiger charge is -2.24. The Morgan fingerprint density at radius 1 is 1.17 bits per heavy atom. The highest BCUT2D eigenvalue weighted by molar-refractivity contribution is 5.56. The van der Waals surface area contributed by atoms with E-state index in [1.807, 2.05) is 24.8 Å². The molecule has 0 unspecified atom stereocenters. The Balaban J connectivity index is 0.00000100. The van der Waals surface area contributed by atoms with Crippen molar-refractivity contribution in [3.8, 4) is 17.2 Å². The van der Waals surface area contributed by atoms with E-state index in [0.717, 1.165) is 30.1 Å². The van der Waals surface area contributed by atoms with Crippen LogP contribution < -0.4 is 9.64 Å². The van der Waals surface area contributed by atoms with Gasteiger partial charge in [0.2, 0.25) is 0 Å². The summed E-state index contributed by atoms with van der Waals surface area (Å²) in [5.41, 5.74) is 1.67. The monoisotopic (exact) mass is 334 g/mol. The molecule has 7 heteroatoms. The third-order valence-corrected chi connectivity index (χ3v) is 3.59. The van der Waals surface area contributed by atoms with Gasteiger partial charge in [-0.2, -0.15) is 0 Å². The number of hydrogen-bond acceptors (Lipinski definition) is 7. The maximum absolute atomic E-state index is 5.76. The molecule has 3 heterocycles. The second-order valence-electron chi connectivity index (χ2n) is 5.46. The number of hydrogen-bond donors (Lipinski definition) is 0. The van der Waals surface area contributed by atoms with Crippen LogP contribution in [0.2, 0.25) is 0 Å². The van der Waals surface area contributed by atoms with Crippen LogP contribution in [-0.2, 0) is 4.74 Å². The van der Waals surface area contributed by atoms with Gasteiger partial charge in [-0.15, -0.1) is 5.10 Å². The van der Waals surface area contributed by atoms with E-state index in [9.17, 15) is 0 Å². The molecule has 7 nitrogen and oxygen atoms in total. The zero-order valence-corrected chi connectivity index (χ0v) is 15.1. The third-order valence-electron chi connectivity index (χ3n) is 3.59. The van der Waals surface area contributed by atoms with E-state index in [1.165, 1.54) is 0 Å². The smallest absolute Gasteiger partial charge is 0.318 e. The zero-order valence-electron chi connectivity index (χ0n) is 15.1. The van der Waals surface area contributed by atoms with Gasteiger partial charge in [0.25, 0.3) is 5.89 Å². The van der Waals surface area contributed by atoms with Gasteiger partial charge < -0.3 is 18.8 Å². The summed E-state index contributed by atoms with van der Waals surface area (Å²) >= 11 is 0. The molecule has 2 aromatic rings. The molecule has 0 spiro atoms. The van der Waals surface area contributed by atoms with E-state index in [0.29, 0.717) is 25.1 Å². The molecule has 132 valence electrons. The van der Waals surface area contributed by atoms with Crippen LogP contribution >= 0.6 is 0 Å². The van der Waals surface area contributed by atoms with Crippen LogP contribution in [-0.4, -0.2) is 48.6 Å². The molecule has 0 aromatic carbocycles. The molecule has 1 fully saturated rings. The summed E-state index contributed by atoms with van der Waals surface area (Å²) in [6, 6.07) is 2.41. The third kappa shape index (κ3) is 4.03. The van der Waals surface area contributed by atoms with Crippen LogP contribution in [0.15, 0.2) is 16.7 Å². The molecule has 24 heavy (non-hydrogen) atoms. The van der Waals surface area contributed by atoms with Gasteiger partial charge >= 0.3 is 6.01 Å². The molecule has 0 radical (unpaired) electrons. The molecule has 2 aromatic heterocycles. The summed E-state index contributed by atoms with van der Waals surface area (Å²) in [5, 5.41) is 8.23. The summed E-state index contributed by atoms with van der Waals surface area (Å²) in [5.74, 6) is 1.47. The predicted octanol–water partition coefficient (Wildman–Crippen LogP) is 3.13. The predicted molar refractivity (Wildman–Crippen MR) is 92.6 cm³/mol. The van der Waals surface area contributed by atoms with Gasteiger partial charge in [-0.05, 0) is 12.0 Å². The van der Waals surface area contributed by atoms with Crippen molar-refractivity contribution >= 4 is 6.01 Å². The van der Waals surface area contributed by atoms with Crippen molar-refractivity contribution in [3.05, 3.63) is 18.0 Å². The number of morpholine rings is 1. The Morgan fingerprint density at radius 2 is 1.88 bits per heavy atom. The van der Waals surface area contributed by atoms with Gasteiger partial charge in [-0.25, -0.2) is 0 Å². The average molecular weight is 334 g/mol. The van der Waals surface area contributed by atoms with E-state index in [2.05, 4.69) is 29.0 Å². The molecule has 0 bridgehead atoms. The van der Waals surface area contributed by atoms with Crippen LogP contribution in [0.3, 0.4) is 0 Å². The minimum absolute atomic E-state index is 0.288. The largest absolute Gasteiger partial charge is 0.495 e. The van der Waals surface area contributed by atoms with Crippen LogP contribution in [0.4, 0.5) is 6.01 Å². The first-order valence-electron chi connectivity index (χ1n) is 8.39. The van der Waals surface area contributed by atoms with Crippen molar-refractivity contribution in [1.82, 2.24) is 15.2 Å². The van der Waals surface area contributed by atoms with Crippen molar-refractivity contribution in [1.29, 1.82) is 0 Å². The highest BCUT2D eigenvalue weighted by Crippen LogP contribution is 2.29. The fourth-order valence-electron chi connectivity index (χ4n) is 2.38. The highest BCUT2D eigenvalue weighted by atomic mass is 16.5. The van der Waals surface area contributed by atoms with E-state index < -0.39 is 0 Å². The number of pyridine rings is 1. The van der Waals surface area contributed by atoms with Crippen molar-refractivity contribution in [3.63, 3.8) is 0 Å². The summed E-state index contributed by atoms with van der Waals surface area (Å²) < 4.78 is 16.5. The minimum Gasteiger partial charge on any atom is -0.495 e. The van der Waals surface area contributed by atoms with Crippen molar-refractivity contribution < 1.29 is 13.9 Å². The van der Waals surface area contributed by atoms with E-state index >= 15 is 0 Å².